The number of hydrogen-bond donors (Lipinski definition) is 0. The van der Waals surface area contributed by atoms with Crippen LogP contribution in [-0.2, 0) is 4.79 Å². The van der Waals surface area contributed by atoms with E-state index in [2.05, 4.69) is 25.1 Å². The second kappa shape index (κ2) is 3.79. The Labute approximate surface area is 84.5 Å². The third-order valence-corrected chi connectivity index (χ3v) is 2.80. The van der Waals surface area contributed by atoms with Gasteiger partial charge in [-0.25, -0.2) is 0 Å². The average Bonchev–Trinajstić information content (AvgIpc) is 2.21. The van der Waals surface area contributed by atoms with Crippen molar-refractivity contribution >= 4 is 11.9 Å². The van der Waals surface area contributed by atoms with Crippen molar-refractivity contribution < 1.29 is 4.79 Å². The van der Waals surface area contributed by atoms with Crippen LogP contribution in [0.1, 0.15) is 36.8 Å². The molecule has 1 atom stereocenters. The number of fused-ring (bicyclic) bond motifs is 1. The lowest BCUT2D eigenvalue weighted by Gasteiger charge is -2.15. The van der Waals surface area contributed by atoms with Crippen LogP contribution in [0.4, 0.5) is 0 Å². The molecule has 1 heteroatoms. The molecule has 0 N–H and O–H groups in total. The van der Waals surface area contributed by atoms with E-state index in [1.54, 1.807) is 6.08 Å². The summed E-state index contributed by atoms with van der Waals surface area (Å²) in [6.07, 6.45) is 5.27. The molecular formula is C13H14O. The van der Waals surface area contributed by atoms with Crippen LogP contribution in [0.25, 0.3) is 6.08 Å². The van der Waals surface area contributed by atoms with Crippen molar-refractivity contribution in [2.45, 2.75) is 25.7 Å². The topological polar surface area (TPSA) is 17.1 Å². The van der Waals surface area contributed by atoms with Crippen molar-refractivity contribution in [3.05, 3.63) is 41.5 Å². The predicted octanol–water partition coefficient (Wildman–Crippen LogP) is 3.17. The first-order valence-corrected chi connectivity index (χ1v) is 5.07. The van der Waals surface area contributed by atoms with Crippen LogP contribution in [0.3, 0.4) is 0 Å². The highest BCUT2D eigenvalue weighted by atomic mass is 16.1. The zero-order valence-corrected chi connectivity index (χ0v) is 8.36. The first kappa shape index (κ1) is 9.20. The highest BCUT2D eigenvalue weighted by Crippen LogP contribution is 2.26. The molecular weight excluding hydrogens is 172 g/mol. The molecule has 0 bridgehead atoms. The van der Waals surface area contributed by atoms with Crippen LogP contribution in [0, 0.1) is 0 Å². The van der Waals surface area contributed by atoms with Crippen LogP contribution in [-0.4, -0.2) is 5.78 Å². The van der Waals surface area contributed by atoms with Crippen molar-refractivity contribution in [2.24, 2.45) is 0 Å². The van der Waals surface area contributed by atoms with E-state index in [1.165, 1.54) is 11.1 Å². The minimum atomic E-state index is 0.242. The molecule has 0 radical (unpaired) electrons. The maximum atomic E-state index is 11.3. The molecule has 14 heavy (non-hydrogen) atoms. The van der Waals surface area contributed by atoms with Gasteiger partial charge in [0.25, 0.3) is 0 Å². The molecule has 0 saturated heterocycles. The molecule has 0 heterocycles. The van der Waals surface area contributed by atoms with Gasteiger partial charge in [0.15, 0.2) is 5.78 Å². The molecule has 2 rings (SSSR count). The van der Waals surface area contributed by atoms with Crippen LogP contribution in [0.2, 0.25) is 0 Å². The monoisotopic (exact) mass is 186 g/mol. The van der Waals surface area contributed by atoms with Gasteiger partial charge in [-0.2, -0.15) is 0 Å². The molecule has 0 fully saturated rings. The van der Waals surface area contributed by atoms with Crippen molar-refractivity contribution in [1.82, 2.24) is 0 Å². The maximum Gasteiger partial charge on any atom is 0.155 e. The predicted molar refractivity (Wildman–Crippen MR) is 58.1 cm³/mol. The fourth-order valence-electron chi connectivity index (χ4n) is 1.89. The third kappa shape index (κ3) is 1.77. The van der Waals surface area contributed by atoms with E-state index < -0.39 is 0 Å². The highest BCUT2D eigenvalue weighted by molar-refractivity contribution is 5.94. The summed E-state index contributed by atoms with van der Waals surface area (Å²) in [5.41, 5.74) is 2.55. The summed E-state index contributed by atoms with van der Waals surface area (Å²) >= 11 is 0. The number of ketones is 1. The number of benzene rings is 1. The fourth-order valence-corrected chi connectivity index (χ4v) is 1.89. The second-order valence-electron chi connectivity index (χ2n) is 3.87. The molecule has 1 aliphatic rings. The van der Waals surface area contributed by atoms with Gasteiger partial charge in [-0.05, 0) is 29.5 Å². The van der Waals surface area contributed by atoms with E-state index in [0.717, 1.165) is 6.42 Å². The average molecular weight is 186 g/mol. The smallest absolute Gasteiger partial charge is 0.155 e. The molecule has 1 aliphatic carbocycles. The normalized spacial score (nSPS) is 23.5. The summed E-state index contributed by atoms with van der Waals surface area (Å²) in [6.45, 7) is 2.19. The molecule has 0 aliphatic heterocycles. The zero-order valence-electron chi connectivity index (χ0n) is 8.36. The Bertz CT molecular complexity index is 377. The van der Waals surface area contributed by atoms with E-state index in [9.17, 15) is 4.79 Å². The lowest BCUT2D eigenvalue weighted by molar-refractivity contribution is -0.114. The maximum absolute atomic E-state index is 11.3. The Balaban J connectivity index is 2.46. The quantitative estimate of drug-likeness (QED) is 0.608. The van der Waals surface area contributed by atoms with Gasteiger partial charge < -0.3 is 0 Å². The summed E-state index contributed by atoms with van der Waals surface area (Å²) in [5, 5.41) is 0. The van der Waals surface area contributed by atoms with E-state index in [4.69, 9.17) is 0 Å². The van der Waals surface area contributed by atoms with Gasteiger partial charge in [-0.15, -0.1) is 0 Å². The van der Waals surface area contributed by atoms with Crippen LogP contribution in [0.15, 0.2) is 30.3 Å². The molecule has 0 aromatic heterocycles. The number of carbonyl (C=O) groups is 1. The molecule has 72 valence electrons. The molecule has 1 unspecified atom stereocenters. The summed E-state index contributed by atoms with van der Waals surface area (Å²) in [5.74, 6) is 0.728. The standard InChI is InChI=1S/C13H14O/c1-10-6-8-12(14)9-7-11-4-2-3-5-13(10)11/h2-5,7,9-10H,6,8H2,1H3/b9-7-. The Morgan fingerprint density at radius 1 is 1.21 bits per heavy atom. The van der Waals surface area contributed by atoms with E-state index in [0.29, 0.717) is 12.3 Å². The Kier molecular flexibility index (Phi) is 2.49. The number of carbonyl (C=O) groups excluding carboxylic acids is 1. The van der Waals surface area contributed by atoms with Gasteiger partial charge >= 0.3 is 0 Å². The van der Waals surface area contributed by atoms with Crippen LogP contribution < -0.4 is 0 Å². The van der Waals surface area contributed by atoms with Crippen molar-refractivity contribution in [3.63, 3.8) is 0 Å². The van der Waals surface area contributed by atoms with Crippen LogP contribution >= 0.6 is 0 Å². The van der Waals surface area contributed by atoms with E-state index in [1.807, 2.05) is 12.1 Å². The van der Waals surface area contributed by atoms with Crippen molar-refractivity contribution in [1.29, 1.82) is 0 Å². The molecule has 1 nitrogen and oxygen atoms in total. The van der Waals surface area contributed by atoms with Gasteiger partial charge in [0.2, 0.25) is 0 Å². The molecule has 1 aromatic carbocycles. The number of hydrogen-bond acceptors (Lipinski definition) is 1. The molecule has 0 amide bonds. The SMILES string of the molecule is CC1CCC(=O)/C=C\c2ccccc21. The van der Waals surface area contributed by atoms with Gasteiger partial charge in [0.1, 0.15) is 0 Å². The Morgan fingerprint density at radius 3 is 2.86 bits per heavy atom. The van der Waals surface area contributed by atoms with Gasteiger partial charge in [-0.1, -0.05) is 37.3 Å². The van der Waals surface area contributed by atoms with E-state index >= 15 is 0 Å². The summed E-state index contributed by atoms with van der Waals surface area (Å²) in [7, 11) is 0. The van der Waals surface area contributed by atoms with Gasteiger partial charge in [0.05, 0.1) is 0 Å². The third-order valence-electron chi connectivity index (χ3n) is 2.80. The first-order valence-electron chi connectivity index (χ1n) is 5.07. The lowest BCUT2D eigenvalue weighted by atomic mass is 9.89. The Morgan fingerprint density at radius 2 is 2.00 bits per heavy atom. The van der Waals surface area contributed by atoms with Crippen molar-refractivity contribution in [3.8, 4) is 0 Å². The lowest BCUT2D eigenvalue weighted by Crippen LogP contribution is -2.03. The summed E-state index contributed by atoms with van der Waals surface area (Å²) < 4.78 is 0. The summed E-state index contributed by atoms with van der Waals surface area (Å²) in [4.78, 5) is 11.3. The first-order chi connectivity index (χ1) is 6.77. The largest absolute Gasteiger partial charge is 0.295 e. The number of rotatable bonds is 0. The van der Waals surface area contributed by atoms with Gasteiger partial charge in [-0.3, -0.25) is 4.79 Å². The molecule has 1 aromatic rings. The van der Waals surface area contributed by atoms with Gasteiger partial charge in [0, 0.05) is 6.42 Å². The van der Waals surface area contributed by atoms with E-state index in [-0.39, 0.29) is 5.78 Å². The summed E-state index contributed by atoms with van der Waals surface area (Å²) in [6, 6.07) is 8.30. The highest BCUT2D eigenvalue weighted by Gasteiger charge is 2.12. The minimum absolute atomic E-state index is 0.242. The Hall–Kier alpha value is -1.37. The molecule has 0 saturated carbocycles. The molecule has 0 spiro atoms. The zero-order chi connectivity index (χ0) is 9.97. The number of allylic oxidation sites excluding steroid dienone is 1. The second-order valence-corrected chi connectivity index (χ2v) is 3.87. The van der Waals surface area contributed by atoms with Crippen molar-refractivity contribution in [2.75, 3.05) is 0 Å². The fraction of sp³-hybridized carbons (Fsp3) is 0.308. The van der Waals surface area contributed by atoms with Crippen LogP contribution in [0.5, 0.6) is 0 Å². The minimum Gasteiger partial charge on any atom is -0.295 e.